The zero-order valence-corrected chi connectivity index (χ0v) is 20.4. The Labute approximate surface area is 208 Å². The van der Waals surface area contributed by atoms with E-state index < -0.39 is 15.9 Å². The van der Waals surface area contributed by atoms with Gasteiger partial charge in [-0.2, -0.15) is 10.4 Å². The number of halogens is 1. The topological polar surface area (TPSA) is 143 Å². The molecule has 0 unspecified atom stereocenters. The van der Waals surface area contributed by atoms with Crippen LogP contribution in [0.25, 0.3) is 0 Å². The Kier molecular flexibility index (Phi) is 7.40. The first kappa shape index (κ1) is 24.7. The maximum atomic E-state index is 12.7. The van der Waals surface area contributed by atoms with Crippen molar-refractivity contribution >= 4 is 39.0 Å². The van der Waals surface area contributed by atoms with Gasteiger partial charge in [-0.3, -0.25) is 9.48 Å². The number of nitrogens with two attached hydrogens (primary N) is 1. The highest BCUT2D eigenvalue weighted by molar-refractivity contribution is 7.89. The molecular weight excluding hydrogens is 488 g/mol. The molecule has 0 spiro atoms. The predicted octanol–water partition coefficient (Wildman–Crippen LogP) is 4.11. The number of benzene rings is 2. The molecular formula is C24H25ClN6O3S. The summed E-state index contributed by atoms with van der Waals surface area (Å²) in [7, 11) is -3.73. The standard InChI is InChI=1S/C24H25ClN6O3S/c25-18-7-5-16(6-8-18)14-28-35(33,34)20-11-9-19(10-12-20)29-24-21(23(27)32)15-31(30-24)22-4-2-1-3-17(22)13-26/h5-12,15,17,22,28H,1-4,14H2,(H2,27,32)(H,29,30)/t17-,22+/m1/s1. The molecule has 9 nitrogen and oxygen atoms in total. The van der Waals surface area contributed by atoms with Gasteiger partial charge < -0.3 is 11.1 Å². The van der Waals surface area contributed by atoms with E-state index in [2.05, 4.69) is 21.2 Å². The second-order valence-electron chi connectivity index (χ2n) is 8.42. The number of aromatic nitrogens is 2. The number of nitrogens with zero attached hydrogens (tertiary/aromatic N) is 3. The van der Waals surface area contributed by atoms with E-state index in [4.69, 9.17) is 17.3 Å². The molecule has 3 aromatic rings. The van der Waals surface area contributed by atoms with Crippen molar-refractivity contribution < 1.29 is 13.2 Å². The minimum absolute atomic E-state index is 0.0942. The smallest absolute Gasteiger partial charge is 0.254 e. The average molecular weight is 513 g/mol. The van der Waals surface area contributed by atoms with Crippen LogP contribution in [-0.4, -0.2) is 24.1 Å². The number of carbonyl (C=O) groups excluding carboxylic acids is 1. The van der Waals surface area contributed by atoms with E-state index in [-0.39, 0.29) is 34.8 Å². The Morgan fingerprint density at radius 1 is 1.14 bits per heavy atom. The van der Waals surface area contributed by atoms with E-state index in [1.54, 1.807) is 47.3 Å². The van der Waals surface area contributed by atoms with E-state index in [9.17, 15) is 18.5 Å². The molecule has 4 rings (SSSR count). The maximum absolute atomic E-state index is 12.7. The fourth-order valence-electron chi connectivity index (χ4n) is 4.13. The fraction of sp³-hybridized carbons (Fsp3) is 0.292. The van der Waals surface area contributed by atoms with Gasteiger partial charge in [0.1, 0.15) is 5.56 Å². The second kappa shape index (κ2) is 10.5. The molecule has 2 atom stereocenters. The predicted molar refractivity (Wildman–Crippen MR) is 133 cm³/mol. The van der Waals surface area contributed by atoms with Crippen LogP contribution < -0.4 is 15.8 Å². The van der Waals surface area contributed by atoms with Crippen LogP contribution in [0.1, 0.15) is 47.6 Å². The third-order valence-electron chi connectivity index (χ3n) is 6.04. The quantitative estimate of drug-likeness (QED) is 0.414. The normalized spacial score (nSPS) is 18.1. The van der Waals surface area contributed by atoms with E-state index in [1.807, 2.05) is 0 Å². The summed E-state index contributed by atoms with van der Waals surface area (Å²) in [4.78, 5) is 12.1. The van der Waals surface area contributed by atoms with E-state index in [0.29, 0.717) is 10.7 Å². The largest absolute Gasteiger partial charge is 0.365 e. The summed E-state index contributed by atoms with van der Waals surface area (Å²) in [6.45, 7) is 0.129. The summed E-state index contributed by atoms with van der Waals surface area (Å²) in [5.74, 6) is -0.563. The Morgan fingerprint density at radius 3 is 2.49 bits per heavy atom. The number of nitrogens with one attached hydrogen (secondary N) is 2. The van der Waals surface area contributed by atoms with Crippen LogP contribution in [0.15, 0.2) is 59.6 Å². The summed E-state index contributed by atoms with van der Waals surface area (Å²) in [5.41, 5.74) is 7.08. The van der Waals surface area contributed by atoms with Gasteiger partial charge in [-0.1, -0.05) is 36.6 Å². The maximum Gasteiger partial charge on any atom is 0.254 e. The molecule has 1 aromatic heterocycles. The number of sulfonamides is 1. The second-order valence-corrected chi connectivity index (χ2v) is 10.6. The van der Waals surface area contributed by atoms with Crippen molar-refractivity contribution in [3.8, 4) is 6.07 Å². The van der Waals surface area contributed by atoms with Crippen LogP contribution in [-0.2, 0) is 16.6 Å². The molecule has 4 N–H and O–H groups in total. The Balaban J connectivity index is 1.49. The van der Waals surface area contributed by atoms with Gasteiger partial charge >= 0.3 is 0 Å². The van der Waals surface area contributed by atoms with Crippen LogP contribution in [0.3, 0.4) is 0 Å². The number of hydrogen-bond acceptors (Lipinski definition) is 6. The molecule has 1 amide bonds. The molecule has 182 valence electrons. The van der Waals surface area contributed by atoms with Crippen LogP contribution >= 0.6 is 11.6 Å². The van der Waals surface area contributed by atoms with E-state index in [1.165, 1.54) is 12.1 Å². The van der Waals surface area contributed by atoms with Crippen LogP contribution in [0.2, 0.25) is 5.02 Å². The molecule has 1 aliphatic carbocycles. The van der Waals surface area contributed by atoms with Crippen LogP contribution in [0.4, 0.5) is 11.5 Å². The highest BCUT2D eigenvalue weighted by atomic mass is 35.5. The minimum atomic E-state index is -3.73. The Hall–Kier alpha value is -3.39. The molecule has 0 bridgehead atoms. The van der Waals surface area contributed by atoms with Gasteiger partial charge in [-0.15, -0.1) is 0 Å². The van der Waals surface area contributed by atoms with Gasteiger partial charge in [0.25, 0.3) is 5.91 Å². The molecule has 11 heteroatoms. The van der Waals surface area contributed by atoms with Crippen LogP contribution in [0.5, 0.6) is 0 Å². The third kappa shape index (κ3) is 5.82. The zero-order valence-electron chi connectivity index (χ0n) is 18.8. The first-order chi connectivity index (χ1) is 16.8. The minimum Gasteiger partial charge on any atom is -0.365 e. The Morgan fingerprint density at radius 2 is 1.83 bits per heavy atom. The van der Waals surface area contributed by atoms with Crippen molar-refractivity contribution in [1.82, 2.24) is 14.5 Å². The van der Waals surface area contributed by atoms with E-state index in [0.717, 1.165) is 31.2 Å². The zero-order chi connectivity index (χ0) is 25.0. The average Bonchev–Trinajstić information content (AvgIpc) is 3.28. The third-order valence-corrected chi connectivity index (χ3v) is 7.71. The van der Waals surface area contributed by atoms with Gasteiger partial charge in [0.05, 0.1) is 22.9 Å². The van der Waals surface area contributed by atoms with Gasteiger partial charge in [0, 0.05) is 23.5 Å². The molecule has 0 aliphatic heterocycles. The summed E-state index contributed by atoms with van der Waals surface area (Å²) < 4.78 is 29.5. The lowest BCUT2D eigenvalue weighted by molar-refractivity contribution is 0.100. The van der Waals surface area contributed by atoms with Crippen molar-refractivity contribution in [2.24, 2.45) is 11.7 Å². The summed E-state index contributed by atoms with van der Waals surface area (Å²) in [6, 6.07) is 15.2. The number of nitriles is 1. The van der Waals surface area contributed by atoms with E-state index >= 15 is 0 Å². The molecule has 1 saturated carbocycles. The number of hydrogen-bond donors (Lipinski definition) is 3. The molecule has 1 aliphatic rings. The number of anilines is 2. The number of carbonyl (C=O) groups is 1. The highest BCUT2D eigenvalue weighted by Gasteiger charge is 2.29. The summed E-state index contributed by atoms with van der Waals surface area (Å²) >= 11 is 5.86. The molecule has 35 heavy (non-hydrogen) atoms. The first-order valence-corrected chi connectivity index (χ1v) is 13.0. The number of primary amides is 1. The van der Waals surface area contributed by atoms with Crippen molar-refractivity contribution in [3.63, 3.8) is 0 Å². The fourth-order valence-corrected chi connectivity index (χ4v) is 5.27. The summed E-state index contributed by atoms with van der Waals surface area (Å²) in [6.07, 6.45) is 5.14. The van der Waals surface area contributed by atoms with Gasteiger partial charge in [-0.25, -0.2) is 13.1 Å². The molecule has 0 saturated heterocycles. The lowest BCUT2D eigenvalue weighted by Crippen LogP contribution is -2.23. The molecule has 1 heterocycles. The van der Waals surface area contributed by atoms with Crippen molar-refractivity contribution in [2.75, 3.05) is 5.32 Å². The van der Waals surface area contributed by atoms with Crippen molar-refractivity contribution in [2.45, 2.75) is 43.2 Å². The first-order valence-electron chi connectivity index (χ1n) is 11.2. The van der Waals surface area contributed by atoms with Crippen molar-refractivity contribution in [1.29, 1.82) is 5.26 Å². The highest BCUT2D eigenvalue weighted by Crippen LogP contribution is 2.34. The molecule has 1 fully saturated rings. The van der Waals surface area contributed by atoms with Gasteiger partial charge in [0.2, 0.25) is 10.0 Å². The number of amides is 1. The van der Waals surface area contributed by atoms with Gasteiger partial charge in [0.15, 0.2) is 5.82 Å². The number of rotatable bonds is 8. The molecule has 2 aromatic carbocycles. The van der Waals surface area contributed by atoms with Crippen LogP contribution in [0, 0.1) is 17.2 Å². The summed E-state index contributed by atoms with van der Waals surface area (Å²) in [5, 5.41) is 17.6. The molecule has 0 radical (unpaired) electrons. The lowest BCUT2D eigenvalue weighted by Gasteiger charge is -2.26. The van der Waals surface area contributed by atoms with Crippen molar-refractivity contribution in [3.05, 3.63) is 70.9 Å². The lowest BCUT2D eigenvalue weighted by atomic mass is 9.85. The monoisotopic (exact) mass is 512 g/mol. The Bertz CT molecular complexity index is 1350. The SMILES string of the molecule is N#C[C@H]1CCCC[C@@H]1n1cc(C(N)=O)c(Nc2ccc(S(=O)(=O)NCc3ccc(Cl)cc3)cc2)n1. The van der Waals surface area contributed by atoms with Gasteiger partial charge in [-0.05, 0) is 54.8 Å².